The fourth-order valence-corrected chi connectivity index (χ4v) is 2.88. The molecule has 0 aromatic heterocycles. The highest BCUT2D eigenvalue weighted by molar-refractivity contribution is 5.71. The van der Waals surface area contributed by atoms with E-state index in [2.05, 4.69) is 4.90 Å². The van der Waals surface area contributed by atoms with Gasteiger partial charge < -0.3 is 4.74 Å². The maximum Gasteiger partial charge on any atom is 0.308 e. The van der Waals surface area contributed by atoms with Crippen LogP contribution < -0.4 is 0 Å². The Morgan fingerprint density at radius 2 is 2.25 bits per heavy atom. The van der Waals surface area contributed by atoms with E-state index in [0.717, 1.165) is 6.42 Å². The summed E-state index contributed by atoms with van der Waals surface area (Å²) in [7, 11) is 0. The van der Waals surface area contributed by atoms with Crippen LogP contribution >= 0.6 is 0 Å². The second-order valence-electron chi connectivity index (χ2n) is 5.23. The molecule has 3 nitrogen and oxygen atoms in total. The van der Waals surface area contributed by atoms with E-state index in [9.17, 15) is 4.79 Å². The Morgan fingerprint density at radius 1 is 1.44 bits per heavy atom. The van der Waals surface area contributed by atoms with Gasteiger partial charge in [0.25, 0.3) is 0 Å². The van der Waals surface area contributed by atoms with Crippen molar-refractivity contribution >= 4 is 5.97 Å². The van der Waals surface area contributed by atoms with Crippen molar-refractivity contribution in [2.45, 2.75) is 45.6 Å². The summed E-state index contributed by atoms with van der Waals surface area (Å²) in [6.07, 6.45) is 4.70. The van der Waals surface area contributed by atoms with E-state index in [-0.39, 0.29) is 11.9 Å². The third-order valence-electron chi connectivity index (χ3n) is 4.20. The normalized spacial score (nSPS) is 31.4. The molecule has 0 spiro atoms. The van der Waals surface area contributed by atoms with Crippen LogP contribution in [0, 0.1) is 11.8 Å². The molecule has 2 aliphatic rings. The zero-order chi connectivity index (χ0) is 11.5. The monoisotopic (exact) mass is 225 g/mol. The molecule has 1 unspecified atom stereocenters. The lowest BCUT2D eigenvalue weighted by Gasteiger charge is -2.20. The summed E-state index contributed by atoms with van der Waals surface area (Å²) in [6.45, 7) is 7.07. The van der Waals surface area contributed by atoms with Gasteiger partial charge in [0.05, 0.1) is 12.5 Å². The molecular weight excluding hydrogens is 202 g/mol. The minimum atomic E-state index is -0.0149. The Hall–Kier alpha value is -0.570. The van der Waals surface area contributed by atoms with Crippen molar-refractivity contribution in [3.05, 3.63) is 0 Å². The first-order chi connectivity index (χ1) is 7.72. The standard InChI is InChI=1S/C13H23NO2/c1-3-10(2)13(15)16-9-11-6-8-14-7-4-5-12(11)14/h10-12H,3-9H2,1-2H3/t10?,11-,12-/m0/s1. The zero-order valence-electron chi connectivity index (χ0n) is 10.4. The number of nitrogens with zero attached hydrogens (tertiary/aromatic N) is 1. The second-order valence-corrected chi connectivity index (χ2v) is 5.23. The van der Waals surface area contributed by atoms with Crippen LogP contribution in [0.4, 0.5) is 0 Å². The van der Waals surface area contributed by atoms with Gasteiger partial charge in [-0.3, -0.25) is 9.69 Å². The molecule has 16 heavy (non-hydrogen) atoms. The molecule has 2 rings (SSSR count). The number of hydrogen-bond donors (Lipinski definition) is 0. The summed E-state index contributed by atoms with van der Waals surface area (Å²) in [5, 5.41) is 0. The molecule has 0 radical (unpaired) electrons. The first kappa shape index (κ1) is 11.9. The van der Waals surface area contributed by atoms with Crippen molar-refractivity contribution in [1.82, 2.24) is 4.90 Å². The SMILES string of the molecule is CCC(C)C(=O)OC[C@@H]1CCN2CCC[C@@H]12. The molecule has 0 aromatic carbocycles. The number of rotatable bonds is 4. The summed E-state index contributed by atoms with van der Waals surface area (Å²) in [6, 6.07) is 0.699. The van der Waals surface area contributed by atoms with Gasteiger partial charge >= 0.3 is 5.97 Å². The zero-order valence-corrected chi connectivity index (χ0v) is 10.4. The van der Waals surface area contributed by atoms with Crippen molar-refractivity contribution in [2.24, 2.45) is 11.8 Å². The predicted octanol–water partition coefficient (Wildman–Crippen LogP) is 2.06. The highest BCUT2D eigenvalue weighted by atomic mass is 16.5. The third kappa shape index (κ3) is 2.40. The number of esters is 1. The van der Waals surface area contributed by atoms with Gasteiger partial charge in [0.1, 0.15) is 0 Å². The van der Waals surface area contributed by atoms with Crippen LogP contribution in [0.5, 0.6) is 0 Å². The summed E-state index contributed by atoms with van der Waals surface area (Å²) in [5.41, 5.74) is 0. The van der Waals surface area contributed by atoms with Crippen molar-refractivity contribution in [1.29, 1.82) is 0 Å². The van der Waals surface area contributed by atoms with Gasteiger partial charge in [-0.05, 0) is 38.8 Å². The fraction of sp³-hybridized carbons (Fsp3) is 0.923. The van der Waals surface area contributed by atoms with E-state index in [4.69, 9.17) is 4.74 Å². The molecule has 2 aliphatic heterocycles. The quantitative estimate of drug-likeness (QED) is 0.686. The van der Waals surface area contributed by atoms with E-state index in [1.54, 1.807) is 0 Å². The number of hydrogen-bond acceptors (Lipinski definition) is 3. The lowest BCUT2D eigenvalue weighted by molar-refractivity contribution is -0.149. The average molecular weight is 225 g/mol. The molecule has 2 fully saturated rings. The Bertz CT molecular complexity index is 254. The van der Waals surface area contributed by atoms with Crippen molar-refractivity contribution in [3.8, 4) is 0 Å². The number of fused-ring (bicyclic) bond motifs is 1. The van der Waals surface area contributed by atoms with E-state index in [0.29, 0.717) is 18.6 Å². The summed E-state index contributed by atoms with van der Waals surface area (Å²) in [5.74, 6) is 0.635. The summed E-state index contributed by atoms with van der Waals surface area (Å²) in [4.78, 5) is 14.1. The number of carbonyl (C=O) groups excluding carboxylic acids is 1. The molecule has 0 saturated carbocycles. The van der Waals surface area contributed by atoms with E-state index >= 15 is 0 Å². The minimum absolute atomic E-state index is 0.0149. The third-order valence-corrected chi connectivity index (χ3v) is 4.20. The van der Waals surface area contributed by atoms with Crippen molar-refractivity contribution in [2.75, 3.05) is 19.7 Å². The molecule has 3 heteroatoms. The molecule has 0 aliphatic carbocycles. The van der Waals surface area contributed by atoms with Crippen LogP contribution in [0.25, 0.3) is 0 Å². The Balaban J connectivity index is 1.76. The number of ether oxygens (including phenoxy) is 1. The molecular formula is C13H23NO2. The smallest absolute Gasteiger partial charge is 0.308 e. The van der Waals surface area contributed by atoms with E-state index < -0.39 is 0 Å². The molecule has 0 N–H and O–H groups in total. The van der Waals surface area contributed by atoms with Crippen LogP contribution in [-0.2, 0) is 9.53 Å². The summed E-state index contributed by atoms with van der Waals surface area (Å²) < 4.78 is 5.42. The van der Waals surface area contributed by atoms with Gasteiger partial charge in [-0.15, -0.1) is 0 Å². The molecule has 92 valence electrons. The van der Waals surface area contributed by atoms with Crippen LogP contribution in [-0.4, -0.2) is 36.6 Å². The van der Waals surface area contributed by atoms with Crippen molar-refractivity contribution < 1.29 is 9.53 Å². The fourth-order valence-electron chi connectivity index (χ4n) is 2.88. The largest absolute Gasteiger partial charge is 0.465 e. The van der Waals surface area contributed by atoms with Gasteiger partial charge in [0.15, 0.2) is 0 Å². The molecule has 2 saturated heterocycles. The van der Waals surface area contributed by atoms with Crippen LogP contribution in [0.2, 0.25) is 0 Å². The van der Waals surface area contributed by atoms with Crippen LogP contribution in [0.1, 0.15) is 39.5 Å². The van der Waals surface area contributed by atoms with Gasteiger partial charge in [0, 0.05) is 12.0 Å². The lowest BCUT2D eigenvalue weighted by atomic mass is 9.99. The van der Waals surface area contributed by atoms with Crippen molar-refractivity contribution in [3.63, 3.8) is 0 Å². The minimum Gasteiger partial charge on any atom is -0.465 e. The molecule has 0 amide bonds. The van der Waals surface area contributed by atoms with E-state index in [1.165, 1.54) is 32.4 Å². The van der Waals surface area contributed by atoms with Crippen LogP contribution in [0.3, 0.4) is 0 Å². The lowest BCUT2D eigenvalue weighted by Crippen LogP contribution is -2.29. The van der Waals surface area contributed by atoms with Gasteiger partial charge in [-0.25, -0.2) is 0 Å². The molecule has 0 aromatic rings. The van der Waals surface area contributed by atoms with Gasteiger partial charge in [0.2, 0.25) is 0 Å². The Kier molecular flexibility index (Phi) is 3.85. The summed E-state index contributed by atoms with van der Waals surface area (Å²) >= 11 is 0. The molecule has 2 heterocycles. The number of carbonyl (C=O) groups is 1. The second kappa shape index (κ2) is 5.17. The molecule has 0 bridgehead atoms. The predicted molar refractivity (Wildman–Crippen MR) is 63.1 cm³/mol. The first-order valence-corrected chi connectivity index (χ1v) is 6.63. The van der Waals surface area contributed by atoms with E-state index in [1.807, 2.05) is 13.8 Å². The highest BCUT2D eigenvalue weighted by Crippen LogP contribution is 2.32. The van der Waals surface area contributed by atoms with Crippen LogP contribution in [0.15, 0.2) is 0 Å². The first-order valence-electron chi connectivity index (χ1n) is 6.63. The maximum atomic E-state index is 11.6. The maximum absolute atomic E-state index is 11.6. The Labute approximate surface area is 98.1 Å². The molecule has 3 atom stereocenters. The average Bonchev–Trinajstić information content (AvgIpc) is 2.87. The topological polar surface area (TPSA) is 29.5 Å². The van der Waals surface area contributed by atoms with Gasteiger partial charge in [-0.2, -0.15) is 0 Å². The van der Waals surface area contributed by atoms with Gasteiger partial charge in [-0.1, -0.05) is 13.8 Å². The Morgan fingerprint density at radius 3 is 3.00 bits per heavy atom. The highest BCUT2D eigenvalue weighted by Gasteiger charge is 2.37.